The third-order valence-corrected chi connectivity index (χ3v) is 2.62. The SMILES string of the molecule is Cc1cccc(C(=O)N(C)CC(C)(C)O)c1[N+](=O)[O-]. The molecule has 0 aromatic heterocycles. The van der Waals surface area contributed by atoms with E-state index in [-0.39, 0.29) is 17.8 Å². The van der Waals surface area contributed by atoms with E-state index in [1.807, 2.05) is 0 Å². The topological polar surface area (TPSA) is 83.7 Å². The average molecular weight is 266 g/mol. The molecule has 1 N–H and O–H groups in total. The number of carbonyl (C=O) groups excluding carboxylic acids is 1. The van der Waals surface area contributed by atoms with E-state index >= 15 is 0 Å². The standard InChI is InChI=1S/C13H18N2O4/c1-9-6-5-7-10(11(9)15(18)19)12(16)14(4)8-13(2,3)17/h5-7,17H,8H2,1-4H3. The van der Waals surface area contributed by atoms with Gasteiger partial charge in [-0.05, 0) is 26.8 Å². The zero-order valence-electron chi connectivity index (χ0n) is 11.5. The summed E-state index contributed by atoms with van der Waals surface area (Å²) in [5, 5.41) is 20.7. The average Bonchev–Trinajstić information content (AvgIpc) is 2.24. The highest BCUT2D eigenvalue weighted by Gasteiger charge is 2.27. The lowest BCUT2D eigenvalue weighted by Gasteiger charge is -2.25. The summed E-state index contributed by atoms with van der Waals surface area (Å²) in [6.45, 7) is 4.82. The Labute approximate surface area is 111 Å². The number of benzene rings is 1. The molecule has 0 bridgehead atoms. The highest BCUT2D eigenvalue weighted by atomic mass is 16.6. The van der Waals surface area contributed by atoms with Crippen molar-refractivity contribution in [1.29, 1.82) is 0 Å². The number of nitro groups is 1. The van der Waals surface area contributed by atoms with E-state index in [0.717, 1.165) is 0 Å². The zero-order chi connectivity index (χ0) is 14.8. The first-order chi connectivity index (χ1) is 8.63. The fourth-order valence-corrected chi connectivity index (χ4v) is 1.93. The van der Waals surface area contributed by atoms with Gasteiger partial charge in [-0.1, -0.05) is 12.1 Å². The van der Waals surface area contributed by atoms with Crippen molar-refractivity contribution in [3.63, 3.8) is 0 Å². The van der Waals surface area contributed by atoms with E-state index in [0.29, 0.717) is 5.56 Å². The van der Waals surface area contributed by atoms with Crippen molar-refractivity contribution >= 4 is 11.6 Å². The molecule has 0 unspecified atom stereocenters. The minimum absolute atomic E-state index is 0.0387. The van der Waals surface area contributed by atoms with E-state index in [4.69, 9.17) is 0 Å². The van der Waals surface area contributed by atoms with Crippen LogP contribution in [0.25, 0.3) is 0 Å². The Morgan fingerprint density at radius 2 is 2.05 bits per heavy atom. The maximum atomic E-state index is 12.2. The summed E-state index contributed by atoms with van der Waals surface area (Å²) in [4.78, 5) is 24.0. The molecular weight excluding hydrogens is 248 g/mol. The predicted octanol–water partition coefficient (Wildman–Crippen LogP) is 1.75. The Hall–Kier alpha value is -1.95. The quantitative estimate of drug-likeness (QED) is 0.664. The lowest BCUT2D eigenvalue weighted by Crippen LogP contribution is -2.39. The molecule has 1 rings (SSSR count). The summed E-state index contributed by atoms with van der Waals surface area (Å²) in [6.07, 6.45) is 0. The van der Waals surface area contributed by atoms with Crippen molar-refractivity contribution in [2.75, 3.05) is 13.6 Å². The van der Waals surface area contributed by atoms with Gasteiger partial charge in [0.25, 0.3) is 11.6 Å². The van der Waals surface area contributed by atoms with Crippen molar-refractivity contribution in [2.24, 2.45) is 0 Å². The number of nitro benzene ring substituents is 1. The monoisotopic (exact) mass is 266 g/mol. The van der Waals surface area contributed by atoms with Crippen LogP contribution >= 0.6 is 0 Å². The molecule has 0 spiro atoms. The van der Waals surface area contributed by atoms with Crippen LogP contribution in [0.4, 0.5) is 5.69 Å². The van der Waals surface area contributed by atoms with Crippen LogP contribution < -0.4 is 0 Å². The molecule has 104 valence electrons. The number of para-hydroxylation sites is 1. The predicted molar refractivity (Wildman–Crippen MR) is 71.1 cm³/mol. The number of aliphatic hydroxyl groups is 1. The van der Waals surface area contributed by atoms with E-state index in [2.05, 4.69) is 0 Å². The molecule has 0 aliphatic carbocycles. The maximum Gasteiger partial charge on any atom is 0.285 e. The number of nitrogens with zero attached hydrogens (tertiary/aromatic N) is 2. The van der Waals surface area contributed by atoms with Crippen molar-refractivity contribution in [1.82, 2.24) is 4.90 Å². The van der Waals surface area contributed by atoms with Gasteiger partial charge in [0.05, 0.1) is 10.5 Å². The fraction of sp³-hybridized carbons (Fsp3) is 0.462. The first-order valence-electron chi connectivity index (χ1n) is 5.85. The second kappa shape index (κ2) is 5.36. The molecule has 0 radical (unpaired) electrons. The van der Waals surface area contributed by atoms with Gasteiger partial charge in [-0.2, -0.15) is 0 Å². The number of hydrogen-bond acceptors (Lipinski definition) is 4. The summed E-state index contributed by atoms with van der Waals surface area (Å²) in [6, 6.07) is 4.62. The number of rotatable bonds is 4. The molecule has 0 heterocycles. The number of amides is 1. The molecule has 6 nitrogen and oxygen atoms in total. The van der Waals surface area contributed by atoms with E-state index in [1.165, 1.54) is 18.0 Å². The molecular formula is C13H18N2O4. The number of likely N-dealkylation sites (N-methyl/N-ethyl adjacent to an activating group) is 1. The number of aryl methyl sites for hydroxylation is 1. The van der Waals surface area contributed by atoms with Crippen LogP contribution in [0.1, 0.15) is 29.8 Å². The molecule has 0 saturated heterocycles. The third-order valence-electron chi connectivity index (χ3n) is 2.62. The molecule has 0 aliphatic heterocycles. The largest absolute Gasteiger partial charge is 0.389 e. The molecule has 0 aliphatic rings. The van der Waals surface area contributed by atoms with Crippen molar-refractivity contribution in [2.45, 2.75) is 26.4 Å². The zero-order valence-corrected chi connectivity index (χ0v) is 11.5. The van der Waals surface area contributed by atoms with Gasteiger partial charge in [0.2, 0.25) is 0 Å². The van der Waals surface area contributed by atoms with Crippen LogP contribution in [-0.4, -0.2) is 40.0 Å². The van der Waals surface area contributed by atoms with E-state index in [1.54, 1.807) is 32.9 Å². The van der Waals surface area contributed by atoms with Gasteiger partial charge in [-0.25, -0.2) is 0 Å². The Morgan fingerprint density at radius 1 is 1.47 bits per heavy atom. The van der Waals surface area contributed by atoms with Crippen molar-refractivity contribution in [3.8, 4) is 0 Å². The molecule has 19 heavy (non-hydrogen) atoms. The molecule has 1 aromatic carbocycles. The van der Waals surface area contributed by atoms with Crippen molar-refractivity contribution < 1.29 is 14.8 Å². The first-order valence-corrected chi connectivity index (χ1v) is 5.85. The van der Waals surface area contributed by atoms with Gasteiger partial charge >= 0.3 is 0 Å². The third kappa shape index (κ3) is 3.75. The molecule has 1 aromatic rings. The normalized spacial score (nSPS) is 11.2. The fourth-order valence-electron chi connectivity index (χ4n) is 1.93. The summed E-state index contributed by atoms with van der Waals surface area (Å²) in [5.74, 6) is -0.475. The van der Waals surface area contributed by atoms with Gasteiger partial charge in [0, 0.05) is 19.2 Å². The molecule has 6 heteroatoms. The second-order valence-corrected chi connectivity index (χ2v) is 5.20. The van der Waals surface area contributed by atoms with Gasteiger partial charge in [0.15, 0.2) is 0 Å². The minimum Gasteiger partial charge on any atom is -0.389 e. The van der Waals surface area contributed by atoms with Gasteiger partial charge in [0.1, 0.15) is 5.56 Å². The smallest absolute Gasteiger partial charge is 0.285 e. The van der Waals surface area contributed by atoms with Crippen LogP contribution in [-0.2, 0) is 0 Å². The van der Waals surface area contributed by atoms with Crippen LogP contribution in [0.3, 0.4) is 0 Å². The van der Waals surface area contributed by atoms with Gasteiger partial charge in [-0.15, -0.1) is 0 Å². The Morgan fingerprint density at radius 3 is 2.53 bits per heavy atom. The first kappa shape index (κ1) is 15.1. The Balaban J connectivity index is 3.13. The summed E-state index contributed by atoms with van der Waals surface area (Å²) in [5.41, 5.74) is -0.761. The highest BCUT2D eigenvalue weighted by Crippen LogP contribution is 2.24. The van der Waals surface area contributed by atoms with Crippen LogP contribution in [0.5, 0.6) is 0 Å². The second-order valence-electron chi connectivity index (χ2n) is 5.20. The summed E-state index contributed by atoms with van der Waals surface area (Å²) in [7, 11) is 1.51. The van der Waals surface area contributed by atoms with Crippen LogP contribution in [0, 0.1) is 17.0 Å². The minimum atomic E-state index is -1.05. The maximum absolute atomic E-state index is 12.2. The van der Waals surface area contributed by atoms with Crippen LogP contribution in [0.2, 0.25) is 0 Å². The number of carbonyl (C=O) groups is 1. The molecule has 1 amide bonds. The van der Waals surface area contributed by atoms with E-state index < -0.39 is 16.4 Å². The van der Waals surface area contributed by atoms with Gasteiger partial charge < -0.3 is 10.0 Å². The Kier molecular flexibility index (Phi) is 4.26. The summed E-state index contributed by atoms with van der Waals surface area (Å²) >= 11 is 0. The highest BCUT2D eigenvalue weighted by molar-refractivity contribution is 5.98. The van der Waals surface area contributed by atoms with Gasteiger partial charge in [-0.3, -0.25) is 14.9 Å². The lowest BCUT2D eigenvalue weighted by molar-refractivity contribution is -0.385. The number of hydrogen-bond donors (Lipinski definition) is 1. The van der Waals surface area contributed by atoms with Crippen LogP contribution in [0.15, 0.2) is 18.2 Å². The molecule has 0 atom stereocenters. The Bertz CT molecular complexity index is 506. The summed E-state index contributed by atoms with van der Waals surface area (Å²) < 4.78 is 0. The van der Waals surface area contributed by atoms with Crippen molar-refractivity contribution in [3.05, 3.63) is 39.4 Å². The lowest BCUT2D eigenvalue weighted by atomic mass is 10.1. The van der Waals surface area contributed by atoms with E-state index in [9.17, 15) is 20.0 Å². The molecule has 0 fully saturated rings. The molecule has 0 saturated carbocycles.